The van der Waals surface area contributed by atoms with Crippen molar-refractivity contribution in [1.82, 2.24) is 14.8 Å². The Bertz CT molecular complexity index is 1000. The third kappa shape index (κ3) is 7.07. The summed E-state index contributed by atoms with van der Waals surface area (Å²) in [6.07, 6.45) is -7.99. The first kappa shape index (κ1) is 25.3. The van der Waals surface area contributed by atoms with E-state index in [4.69, 9.17) is 0 Å². The van der Waals surface area contributed by atoms with Gasteiger partial charge in [0.05, 0.1) is 23.4 Å². The Morgan fingerprint density at radius 3 is 2.24 bits per heavy atom. The molecule has 1 saturated heterocycles. The van der Waals surface area contributed by atoms with E-state index in [0.29, 0.717) is 13.1 Å². The number of piperazine rings is 1. The van der Waals surface area contributed by atoms with Gasteiger partial charge in [-0.1, -0.05) is 12.1 Å². The fraction of sp³-hybridized carbons (Fsp3) is 0.381. The molecule has 0 spiro atoms. The van der Waals surface area contributed by atoms with Crippen LogP contribution in [0.25, 0.3) is 0 Å². The summed E-state index contributed by atoms with van der Waals surface area (Å²) in [5, 5.41) is 2.28. The smallest absolute Gasteiger partial charge is 0.422 e. The van der Waals surface area contributed by atoms with E-state index in [0.717, 1.165) is 12.3 Å². The largest absolute Gasteiger partial charge is 0.468 e. The van der Waals surface area contributed by atoms with Gasteiger partial charge in [-0.15, -0.1) is 0 Å². The molecule has 0 radical (unpaired) electrons. The monoisotopic (exact) mass is 490 g/mol. The summed E-state index contributed by atoms with van der Waals surface area (Å²) in [5.41, 5.74) is -1.11. The number of benzene rings is 1. The average Bonchev–Trinajstić information content (AvgIpc) is 2.77. The number of amides is 2. The minimum atomic E-state index is -4.60. The topological polar surface area (TPSA) is 74.8 Å². The van der Waals surface area contributed by atoms with Gasteiger partial charge in [-0.3, -0.25) is 14.5 Å². The Balaban J connectivity index is 1.49. The Morgan fingerprint density at radius 1 is 0.971 bits per heavy atom. The van der Waals surface area contributed by atoms with E-state index >= 15 is 0 Å². The van der Waals surface area contributed by atoms with Crippen LogP contribution in [-0.4, -0.2) is 72.1 Å². The van der Waals surface area contributed by atoms with Gasteiger partial charge >= 0.3 is 12.4 Å². The maximum atomic E-state index is 13.1. The number of rotatable bonds is 6. The Kier molecular flexibility index (Phi) is 7.64. The minimum absolute atomic E-state index is 0.152. The van der Waals surface area contributed by atoms with Gasteiger partial charge in [-0.25, -0.2) is 4.98 Å². The number of anilines is 1. The molecule has 7 nitrogen and oxygen atoms in total. The first-order chi connectivity index (χ1) is 15.9. The lowest BCUT2D eigenvalue weighted by molar-refractivity contribution is -0.154. The van der Waals surface area contributed by atoms with Crippen molar-refractivity contribution in [3.63, 3.8) is 0 Å². The summed E-state index contributed by atoms with van der Waals surface area (Å²) in [6.45, 7) is -0.540. The van der Waals surface area contributed by atoms with Crippen molar-refractivity contribution >= 4 is 17.5 Å². The number of nitrogens with one attached hydrogen (secondary N) is 1. The molecule has 2 amide bonds. The van der Waals surface area contributed by atoms with Crippen molar-refractivity contribution in [2.45, 2.75) is 12.4 Å². The number of para-hydroxylation sites is 1. The third-order valence-electron chi connectivity index (χ3n) is 4.90. The highest BCUT2D eigenvalue weighted by molar-refractivity contribution is 5.94. The molecule has 184 valence electrons. The Hall–Kier alpha value is -3.35. The van der Waals surface area contributed by atoms with Gasteiger partial charge in [0.25, 0.3) is 5.91 Å². The molecule has 1 N–H and O–H groups in total. The molecule has 1 fully saturated rings. The quantitative estimate of drug-likeness (QED) is 0.629. The Labute approximate surface area is 190 Å². The second-order valence-electron chi connectivity index (χ2n) is 7.45. The molecule has 13 heteroatoms. The van der Waals surface area contributed by atoms with Crippen LogP contribution in [0.3, 0.4) is 0 Å². The minimum Gasteiger partial charge on any atom is -0.468 e. The molecule has 0 unspecified atom stereocenters. The second kappa shape index (κ2) is 10.3. The van der Waals surface area contributed by atoms with E-state index in [1.165, 1.54) is 35.2 Å². The lowest BCUT2D eigenvalue weighted by atomic mass is 10.1. The number of alkyl halides is 6. The van der Waals surface area contributed by atoms with Crippen molar-refractivity contribution < 1.29 is 40.7 Å². The first-order valence-electron chi connectivity index (χ1n) is 10.1. The van der Waals surface area contributed by atoms with Crippen molar-refractivity contribution in [1.29, 1.82) is 0 Å². The first-order valence-corrected chi connectivity index (χ1v) is 10.1. The summed E-state index contributed by atoms with van der Waals surface area (Å²) < 4.78 is 80.3. The number of hydrogen-bond acceptors (Lipinski definition) is 5. The van der Waals surface area contributed by atoms with Crippen molar-refractivity contribution in [3.8, 4) is 5.88 Å². The van der Waals surface area contributed by atoms with E-state index in [-0.39, 0.29) is 36.8 Å². The molecule has 34 heavy (non-hydrogen) atoms. The lowest BCUT2D eigenvalue weighted by Gasteiger charge is -2.34. The summed E-state index contributed by atoms with van der Waals surface area (Å²) in [4.78, 5) is 31.7. The molecule has 3 rings (SSSR count). The predicted octanol–water partition coefficient (Wildman–Crippen LogP) is 3.44. The van der Waals surface area contributed by atoms with Gasteiger partial charge in [0.15, 0.2) is 6.61 Å². The van der Waals surface area contributed by atoms with Gasteiger partial charge in [0.2, 0.25) is 11.8 Å². The SMILES string of the molecule is O=C(CN1CCN(C(=O)c2ccc(OCC(F)(F)F)nc2)CC1)Nc1ccccc1C(F)(F)F. The molecule has 1 aliphatic rings. The zero-order chi connectivity index (χ0) is 24.9. The summed E-state index contributed by atoms with van der Waals surface area (Å²) in [5.74, 6) is -1.27. The zero-order valence-corrected chi connectivity index (χ0v) is 17.6. The molecule has 0 bridgehead atoms. The maximum Gasteiger partial charge on any atom is 0.422 e. The number of carbonyl (C=O) groups excluding carboxylic acids is 2. The van der Waals surface area contributed by atoms with Gasteiger partial charge in [-0.2, -0.15) is 26.3 Å². The molecule has 0 atom stereocenters. The van der Waals surface area contributed by atoms with Crippen LogP contribution in [-0.2, 0) is 11.0 Å². The van der Waals surface area contributed by atoms with Crippen LogP contribution in [0.5, 0.6) is 5.88 Å². The van der Waals surface area contributed by atoms with E-state index in [1.54, 1.807) is 4.90 Å². The van der Waals surface area contributed by atoms with Crippen molar-refractivity contribution in [2.75, 3.05) is 44.6 Å². The normalized spacial score (nSPS) is 15.2. The second-order valence-corrected chi connectivity index (χ2v) is 7.45. The van der Waals surface area contributed by atoms with Crippen LogP contribution in [0.1, 0.15) is 15.9 Å². The average molecular weight is 490 g/mol. The van der Waals surface area contributed by atoms with Gasteiger partial charge in [-0.05, 0) is 18.2 Å². The molecule has 0 aliphatic carbocycles. The van der Waals surface area contributed by atoms with Gasteiger partial charge in [0, 0.05) is 38.4 Å². The number of hydrogen-bond donors (Lipinski definition) is 1. The van der Waals surface area contributed by atoms with E-state index < -0.39 is 36.3 Å². The van der Waals surface area contributed by atoms with Gasteiger partial charge in [0.1, 0.15) is 0 Å². The highest BCUT2D eigenvalue weighted by Gasteiger charge is 2.34. The number of aromatic nitrogens is 1. The van der Waals surface area contributed by atoms with E-state index in [1.807, 2.05) is 0 Å². The number of carbonyl (C=O) groups is 2. The molecule has 1 aromatic heterocycles. The standard InChI is InChI=1S/C21H20F6N4O3/c22-20(23,24)13-34-18-6-5-14(11-28-18)19(33)31-9-7-30(8-10-31)12-17(32)29-16-4-2-1-3-15(16)21(25,26)27/h1-6,11H,7-10,12-13H2,(H,29,32). The molecule has 0 saturated carbocycles. The third-order valence-corrected chi connectivity index (χ3v) is 4.90. The highest BCUT2D eigenvalue weighted by Crippen LogP contribution is 2.34. The lowest BCUT2D eigenvalue weighted by Crippen LogP contribution is -2.50. The fourth-order valence-electron chi connectivity index (χ4n) is 3.27. The van der Waals surface area contributed by atoms with Crippen molar-refractivity contribution in [2.24, 2.45) is 0 Å². The predicted molar refractivity (Wildman–Crippen MR) is 108 cm³/mol. The molecule has 2 aromatic rings. The summed E-state index contributed by atoms with van der Waals surface area (Å²) >= 11 is 0. The van der Waals surface area contributed by atoms with Gasteiger partial charge < -0.3 is 15.0 Å². The fourth-order valence-corrected chi connectivity index (χ4v) is 3.27. The molecular weight excluding hydrogens is 470 g/mol. The van der Waals surface area contributed by atoms with E-state index in [2.05, 4.69) is 15.0 Å². The maximum absolute atomic E-state index is 13.1. The summed E-state index contributed by atoms with van der Waals surface area (Å²) in [7, 11) is 0. The van der Waals surface area contributed by atoms with Crippen LogP contribution >= 0.6 is 0 Å². The number of pyridine rings is 1. The zero-order valence-electron chi connectivity index (χ0n) is 17.6. The van der Waals surface area contributed by atoms with Crippen LogP contribution < -0.4 is 10.1 Å². The highest BCUT2D eigenvalue weighted by atomic mass is 19.4. The molecule has 1 aromatic carbocycles. The number of halogens is 6. The van der Waals surface area contributed by atoms with Crippen LogP contribution in [0.4, 0.5) is 32.0 Å². The van der Waals surface area contributed by atoms with Crippen LogP contribution in [0.2, 0.25) is 0 Å². The Morgan fingerprint density at radius 2 is 1.65 bits per heavy atom. The van der Waals surface area contributed by atoms with E-state index in [9.17, 15) is 35.9 Å². The van der Waals surface area contributed by atoms with Crippen LogP contribution in [0, 0.1) is 0 Å². The number of ether oxygens (including phenoxy) is 1. The molecule has 2 heterocycles. The number of nitrogens with zero attached hydrogens (tertiary/aromatic N) is 3. The van der Waals surface area contributed by atoms with Crippen molar-refractivity contribution in [3.05, 3.63) is 53.7 Å². The molecular formula is C21H20F6N4O3. The van der Waals surface area contributed by atoms with Crippen LogP contribution in [0.15, 0.2) is 42.6 Å². The molecule has 1 aliphatic heterocycles. The summed E-state index contributed by atoms with van der Waals surface area (Å²) in [6, 6.07) is 7.14.